The Bertz CT molecular complexity index is 679. The molecule has 1 atom stereocenters. The topological polar surface area (TPSA) is 64.9 Å². The average Bonchev–Trinajstić information content (AvgIpc) is 2.63. The quantitative estimate of drug-likeness (QED) is 0.561. The van der Waals surface area contributed by atoms with E-state index in [2.05, 4.69) is 46.6 Å². The van der Waals surface area contributed by atoms with Crippen LogP contribution in [0.15, 0.2) is 66.8 Å². The third kappa shape index (κ3) is 5.81. The largest absolute Gasteiger partial charge is 0.390 e. The van der Waals surface area contributed by atoms with Crippen LogP contribution in [0.4, 0.5) is 0 Å². The van der Waals surface area contributed by atoms with Crippen LogP contribution in [-0.4, -0.2) is 47.4 Å². The molecule has 1 aliphatic heterocycles. The van der Waals surface area contributed by atoms with Crippen molar-refractivity contribution in [2.24, 2.45) is 4.99 Å². The summed E-state index contributed by atoms with van der Waals surface area (Å²) in [6, 6.07) is 8.37. The summed E-state index contributed by atoms with van der Waals surface area (Å²) in [6.07, 6.45) is 6.40. The first-order valence-electron chi connectivity index (χ1n) is 8.37. The number of benzene rings is 1. The zero-order chi connectivity index (χ0) is 18.1. The lowest BCUT2D eigenvalue weighted by molar-refractivity contribution is -0.115. The number of aliphatic hydroxyl groups is 1. The van der Waals surface area contributed by atoms with E-state index in [4.69, 9.17) is 0 Å². The summed E-state index contributed by atoms with van der Waals surface area (Å²) in [6.45, 7) is 9.49. The molecular formula is C20H25N3O2. The second kappa shape index (κ2) is 9.71. The van der Waals surface area contributed by atoms with E-state index in [0.29, 0.717) is 6.54 Å². The smallest absolute Gasteiger partial charge is 0.269 e. The van der Waals surface area contributed by atoms with Crippen LogP contribution in [0, 0.1) is 0 Å². The van der Waals surface area contributed by atoms with E-state index < -0.39 is 6.10 Å². The lowest BCUT2D eigenvalue weighted by Crippen LogP contribution is -2.43. The molecule has 0 saturated carbocycles. The summed E-state index contributed by atoms with van der Waals surface area (Å²) in [4.78, 5) is 18.2. The van der Waals surface area contributed by atoms with Crippen LogP contribution in [0.3, 0.4) is 0 Å². The van der Waals surface area contributed by atoms with Crippen molar-refractivity contribution in [1.82, 2.24) is 10.2 Å². The summed E-state index contributed by atoms with van der Waals surface area (Å²) in [7, 11) is 0. The molecule has 5 nitrogen and oxygen atoms in total. The number of carbonyl (C=O) groups excluding carboxylic acids is 1. The lowest BCUT2D eigenvalue weighted by Gasteiger charge is -2.30. The van der Waals surface area contributed by atoms with Gasteiger partial charge in [-0.1, -0.05) is 49.6 Å². The van der Waals surface area contributed by atoms with Gasteiger partial charge in [0.05, 0.1) is 6.10 Å². The summed E-state index contributed by atoms with van der Waals surface area (Å²) in [5.74, 6) is -0.346. The van der Waals surface area contributed by atoms with Crippen molar-refractivity contribution >= 4 is 11.6 Å². The van der Waals surface area contributed by atoms with Crippen LogP contribution >= 0.6 is 0 Å². The van der Waals surface area contributed by atoms with Gasteiger partial charge in [0.25, 0.3) is 5.91 Å². The summed E-state index contributed by atoms with van der Waals surface area (Å²) >= 11 is 0. The van der Waals surface area contributed by atoms with Gasteiger partial charge in [-0.3, -0.25) is 14.7 Å². The molecule has 0 aliphatic carbocycles. The number of carbonyl (C=O) groups is 1. The van der Waals surface area contributed by atoms with Crippen molar-refractivity contribution in [3.8, 4) is 0 Å². The monoisotopic (exact) mass is 339 g/mol. The summed E-state index contributed by atoms with van der Waals surface area (Å²) < 4.78 is 0. The number of hydrogen-bond donors (Lipinski definition) is 2. The molecule has 25 heavy (non-hydrogen) atoms. The Labute approximate surface area is 149 Å². The van der Waals surface area contributed by atoms with E-state index in [1.165, 1.54) is 17.3 Å². The van der Waals surface area contributed by atoms with Gasteiger partial charge in [0.1, 0.15) is 5.71 Å². The van der Waals surface area contributed by atoms with Crippen molar-refractivity contribution in [1.29, 1.82) is 0 Å². The number of aliphatic hydroxyl groups excluding tert-OH is 1. The highest BCUT2D eigenvalue weighted by atomic mass is 16.3. The van der Waals surface area contributed by atoms with Crippen molar-refractivity contribution < 1.29 is 9.90 Å². The van der Waals surface area contributed by atoms with Gasteiger partial charge in [-0.05, 0) is 23.6 Å². The van der Waals surface area contributed by atoms with Gasteiger partial charge in [0.2, 0.25) is 0 Å². The van der Waals surface area contributed by atoms with E-state index in [1.54, 1.807) is 18.2 Å². The molecule has 2 N–H and O–H groups in total. The minimum atomic E-state index is -0.637. The van der Waals surface area contributed by atoms with E-state index in [1.807, 2.05) is 6.07 Å². The van der Waals surface area contributed by atoms with Gasteiger partial charge < -0.3 is 10.4 Å². The van der Waals surface area contributed by atoms with Crippen molar-refractivity contribution in [2.45, 2.75) is 19.1 Å². The van der Waals surface area contributed by atoms with Gasteiger partial charge in [0, 0.05) is 32.4 Å². The van der Waals surface area contributed by atoms with Crippen LogP contribution in [-0.2, 0) is 17.8 Å². The molecule has 1 aliphatic rings. The molecule has 0 spiro atoms. The van der Waals surface area contributed by atoms with Gasteiger partial charge in [0.15, 0.2) is 0 Å². The maximum atomic E-state index is 12.1. The standard InChI is InChI=1S/C20H25N3O2/c1-3-5-10-19(21-4-2)20(25)22-13-18(24)15-23-12-11-16-8-6-7-9-17(16)14-23/h3-10,18,24H,1-2,11-15H2,(H,22,25)/b10-5-,21-19?/t18-/m0/s1. The molecule has 1 aromatic carbocycles. The number of fused-ring (bicyclic) bond motifs is 1. The van der Waals surface area contributed by atoms with Crippen molar-refractivity contribution in [3.63, 3.8) is 0 Å². The normalized spacial score (nSPS) is 16.3. The maximum Gasteiger partial charge on any atom is 0.269 e. The highest BCUT2D eigenvalue weighted by molar-refractivity contribution is 6.43. The minimum Gasteiger partial charge on any atom is -0.390 e. The molecule has 0 aromatic heterocycles. The molecule has 1 amide bonds. The molecular weight excluding hydrogens is 314 g/mol. The molecule has 0 bridgehead atoms. The fourth-order valence-corrected chi connectivity index (χ4v) is 2.81. The first-order chi connectivity index (χ1) is 12.1. The highest BCUT2D eigenvalue weighted by Crippen LogP contribution is 2.18. The lowest BCUT2D eigenvalue weighted by atomic mass is 10.00. The zero-order valence-corrected chi connectivity index (χ0v) is 14.4. The van der Waals surface area contributed by atoms with E-state index in [-0.39, 0.29) is 18.2 Å². The summed E-state index contributed by atoms with van der Waals surface area (Å²) in [5.41, 5.74) is 2.91. The van der Waals surface area contributed by atoms with Crippen LogP contribution in [0.2, 0.25) is 0 Å². The number of nitrogens with one attached hydrogen (secondary N) is 1. The Hall–Kier alpha value is -2.50. The van der Waals surface area contributed by atoms with Gasteiger partial charge in [-0.2, -0.15) is 0 Å². The van der Waals surface area contributed by atoms with Crippen LogP contribution < -0.4 is 5.32 Å². The van der Waals surface area contributed by atoms with E-state index >= 15 is 0 Å². The predicted molar refractivity (Wildman–Crippen MR) is 101 cm³/mol. The van der Waals surface area contributed by atoms with Crippen LogP contribution in [0.1, 0.15) is 11.1 Å². The Morgan fingerprint density at radius 1 is 1.36 bits per heavy atom. The number of aliphatic imine (C=N–C) groups is 1. The van der Waals surface area contributed by atoms with Gasteiger partial charge in [-0.25, -0.2) is 0 Å². The number of nitrogens with zero attached hydrogens (tertiary/aromatic N) is 2. The molecule has 0 fully saturated rings. The fourth-order valence-electron chi connectivity index (χ4n) is 2.81. The Morgan fingerprint density at radius 3 is 2.84 bits per heavy atom. The fraction of sp³-hybridized carbons (Fsp3) is 0.300. The van der Waals surface area contributed by atoms with Gasteiger partial charge >= 0.3 is 0 Å². The molecule has 1 aromatic rings. The van der Waals surface area contributed by atoms with Gasteiger partial charge in [-0.15, -0.1) is 0 Å². The SMILES string of the molecule is C=C/C=C\C(=NC=C)C(=O)NC[C@H](O)CN1CCc2ccccc2C1. The molecule has 0 unspecified atom stereocenters. The number of β-amino-alcohol motifs (C(OH)–C–C–N with tert-alkyl or cyclic N) is 1. The Morgan fingerprint density at radius 2 is 2.12 bits per heavy atom. The zero-order valence-electron chi connectivity index (χ0n) is 14.4. The third-order valence-electron chi connectivity index (χ3n) is 4.03. The van der Waals surface area contributed by atoms with Crippen LogP contribution in [0.25, 0.3) is 0 Å². The average molecular weight is 339 g/mol. The Balaban J connectivity index is 1.82. The molecule has 2 rings (SSSR count). The first kappa shape index (κ1) is 18.8. The number of allylic oxidation sites excluding steroid dienone is 2. The first-order valence-corrected chi connectivity index (χ1v) is 8.37. The number of hydrogen-bond acceptors (Lipinski definition) is 4. The summed E-state index contributed by atoms with van der Waals surface area (Å²) in [5, 5.41) is 12.9. The number of amides is 1. The van der Waals surface area contributed by atoms with Crippen LogP contribution in [0.5, 0.6) is 0 Å². The molecule has 5 heteroatoms. The molecule has 1 heterocycles. The molecule has 0 radical (unpaired) electrons. The maximum absolute atomic E-state index is 12.1. The van der Waals surface area contributed by atoms with Crippen molar-refractivity contribution in [2.75, 3.05) is 19.6 Å². The predicted octanol–water partition coefficient (Wildman–Crippen LogP) is 1.85. The third-order valence-corrected chi connectivity index (χ3v) is 4.03. The second-order valence-corrected chi connectivity index (χ2v) is 5.91. The minimum absolute atomic E-state index is 0.176. The van der Waals surface area contributed by atoms with E-state index in [9.17, 15) is 9.90 Å². The van der Waals surface area contributed by atoms with Crippen molar-refractivity contribution in [3.05, 3.63) is 73.0 Å². The molecule has 0 saturated heterocycles. The highest BCUT2D eigenvalue weighted by Gasteiger charge is 2.19. The molecule has 132 valence electrons. The Kier molecular flexibility index (Phi) is 7.32. The van der Waals surface area contributed by atoms with E-state index in [0.717, 1.165) is 19.5 Å². The second-order valence-electron chi connectivity index (χ2n) is 5.91. The number of rotatable bonds is 8.